The Bertz CT molecular complexity index is 513. The van der Waals surface area contributed by atoms with Gasteiger partial charge in [0.25, 0.3) is 0 Å². The van der Waals surface area contributed by atoms with Crippen LogP contribution in [0.25, 0.3) is 0 Å². The van der Waals surface area contributed by atoms with E-state index in [-0.39, 0.29) is 17.2 Å². The van der Waals surface area contributed by atoms with Crippen molar-refractivity contribution in [3.63, 3.8) is 0 Å². The monoisotopic (exact) mass is 285 g/mol. The molecule has 0 bridgehead atoms. The van der Waals surface area contributed by atoms with E-state index in [1.54, 1.807) is 4.90 Å². The summed E-state index contributed by atoms with van der Waals surface area (Å²) >= 11 is 0. The number of carbonyl (C=O) groups is 1. The van der Waals surface area contributed by atoms with Gasteiger partial charge in [0.15, 0.2) is 0 Å². The van der Waals surface area contributed by atoms with Crippen molar-refractivity contribution in [2.45, 2.75) is 26.7 Å². The fourth-order valence-electron chi connectivity index (χ4n) is 3.02. The molecule has 1 aliphatic heterocycles. The molecule has 1 aromatic carbocycles. The molecule has 21 heavy (non-hydrogen) atoms. The minimum Gasteiger partial charge on any atom is -0.316 e. The van der Waals surface area contributed by atoms with Gasteiger partial charge in [0, 0.05) is 18.8 Å². The van der Waals surface area contributed by atoms with Crippen LogP contribution in [-0.4, -0.2) is 25.5 Å². The van der Waals surface area contributed by atoms with Crippen LogP contribution < -0.4 is 10.2 Å². The summed E-state index contributed by atoms with van der Waals surface area (Å²) in [4.78, 5) is 15.0. The molecule has 0 spiro atoms. The lowest BCUT2D eigenvalue weighted by Gasteiger charge is -2.36. The van der Waals surface area contributed by atoms with Gasteiger partial charge in [0.1, 0.15) is 0 Å². The van der Waals surface area contributed by atoms with E-state index >= 15 is 0 Å². The largest absolute Gasteiger partial charge is 0.316 e. The third-order valence-electron chi connectivity index (χ3n) is 4.48. The molecule has 1 aliphatic rings. The Morgan fingerprint density at radius 2 is 2.14 bits per heavy atom. The molecule has 0 radical (unpaired) electrons. The summed E-state index contributed by atoms with van der Waals surface area (Å²) in [6, 6.07) is 11.8. The number of anilines is 1. The van der Waals surface area contributed by atoms with E-state index in [4.69, 9.17) is 5.26 Å². The highest BCUT2D eigenvalue weighted by atomic mass is 16.2. The number of carbonyl (C=O) groups excluding carboxylic acids is 1. The smallest absolute Gasteiger partial charge is 0.234 e. The fraction of sp³-hybridized carbons (Fsp3) is 0.529. The fourth-order valence-corrected chi connectivity index (χ4v) is 3.02. The maximum Gasteiger partial charge on any atom is 0.234 e. The van der Waals surface area contributed by atoms with Crippen molar-refractivity contribution < 1.29 is 4.79 Å². The van der Waals surface area contributed by atoms with Crippen molar-refractivity contribution in [1.82, 2.24) is 5.32 Å². The number of nitrogens with one attached hydrogen (secondary N) is 1. The normalized spacial score (nSPS) is 21.2. The van der Waals surface area contributed by atoms with Crippen molar-refractivity contribution in [3.05, 3.63) is 30.3 Å². The van der Waals surface area contributed by atoms with Crippen molar-refractivity contribution in [3.8, 4) is 6.07 Å². The molecule has 4 heteroatoms. The first-order valence-corrected chi connectivity index (χ1v) is 7.56. The molecule has 1 heterocycles. The number of rotatable bonds is 5. The van der Waals surface area contributed by atoms with E-state index in [0.717, 1.165) is 25.2 Å². The molecule has 0 aliphatic carbocycles. The van der Waals surface area contributed by atoms with Gasteiger partial charge in [-0.3, -0.25) is 4.79 Å². The maximum atomic E-state index is 13.2. The molecule has 0 saturated carbocycles. The molecule has 1 saturated heterocycles. The summed E-state index contributed by atoms with van der Waals surface area (Å²) in [6.45, 7) is 6.27. The molecule has 1 fully saturated rings. The van der Waals surface area contributed by atoms with Gasteiger partial charge in [0.05, 0.1) is 17.9 Å². The van der Waals surface area contributed by atoms with Crippen LogP contribution in [0.15, 0.2) is 30.3 Å². The van der Waals surface area contributed by atoms with Crippen molar-refractivity contribution in [2.75, 3.05) is 24.5 Å². The lowest BCUT2D eigenvalue weighted by Crippen LogP contribution is -2.48. The molecule has 2 rings (SSSR count). The predicted molar refractivity (Wildman–Crippen MR) is 83.8 cm³/mol. The second-order valence-electron chi connectivity index (χ2n) is 5.94. The summed E-state index contributed by atoms with van der Waals surface area (Å²) in [5, 5.41) is 12.2. The third kappa shape index (κ3) is 3.08. The molecule has 1 aromatic rings. The molecule has 1 atom stereocenters. The van der Waals surface area contributed by atoms with Crippen LogP contribution in [0.4, 0.5) is 5.69 Å². The van der Waals surface area contributed by atoms with Crippen molar-refractivity contribution in [1.29, 1.82) is 5.26 Å². The van der Waals surface area contributed by atoms with E-state index in [2.05, 4.69) is 25.2 Å². The number of nitrogens with zero attached hydrogens (tertiary/aromatic N) is 2. The number of hydrogen-bond acceptors (Lipinski definition) is 3. The Kier molecular flexibility index (Phi) is 4.98. The van der Waals surface area contributed by atoms with E-state index in [9.17, 15) is 4.79 Å². The number of hydrogen-bond donors (Lipinski definition) is 1. The molecular weight excluding hydrogens is 262 g/mol. The topological polar surface area (TPSA) is 56.1 Å². The van der Waals surface area contributed by atoms with Gasteiger partial charge in [-0.15, -0.1) is 0 Å². The molecular formula is C17H23N3O. The van der Waals surface area contributed by atoms with Crippen LogP contribution in [0.2, 0.25) is 0 Å². The van der Waals surface area contributed by atoms with Crippen LogP contribution in [0.3, 0.4) is 0 Å². The zero-order valence-corrected chi connectivity index (χ0v) is 12.8. The summed E-state index contributed by atoms with van der Waals surface area (Å²) in [5.41, 5.74) is 0.523. The maximum absolute atomic E-state index is 13.2. The minimum atomic E-state index is -0.356. The van der Waals surface area contributed by atoms with E-state index in [1.165, 1.54) is 0 Å². The summed E-state index contributed by atoms with van der Waals surface area (Å²) in [5.74, 6) is 0.414. The van der Waals surface area contributed by atoms with Crippen molar-refractivity contribution in [2.24, 2.45) is 11.3 Å². The standard InChI is InChI=1S/C17H23N3O/c1-14(2)17(9-11-19-13-17)16(21)20(12-6-10-18)15-7-4-3-5-8-15/h3-5,7-8,14,19H,6,9,11-13H2,1-2H3. The summed E-state index contributed by atoms with van der Waals surface area (Å²) < 4.78 is 0. The highest BCUT2D eigenvalue weighted by molar-refractivity contribution is 5.98. The van der Waals surface area contributed by atoms with Crippen LogP contribution in [0.5, 0.6) is 0 Å². The zero-order chi connectivity index (χ0) is 15.3. The molecule has 1 unspecified atom stereocenters. The van der Waals surface area contributed by atoms with Crippen LogP contribution in [0, 0.1) is 22.7 Å². The van der Waals surface area contributed by atoms with Gasteiger partial charge in [-0.25, -0.2) is 0 Å². The third-order valence-corrected chi connectivity index (χ3v) is 4.48. The quantitative estimate of drug-likeness (QED) is 0.904. The molecule has 1 amide bonds. The summed E-state index contributed by atoms with van der Waals surface area (Å²) in [7, 11) is 0. The Labute approximate surface area is 126 Å². The minimum absolute atomic E-state index is 0.143. The van der Waals surface area contributed by atoms with Crippen LogP contribution >= 0.6 is 0 Å². The second kappa shape index (κ2) is 6.73. The van der Waals surface area contributed by atoms with E-state index < -0.39 is 0 Å². The number of nitriles is 1. The Hall–Kier alpha value is -1.86. The molecule has 0 aromatic heterocycles. The number of amides is 1. The van der Waals surface area contributed by atoms with Crippen LogP contribution in [-0.2, 0) is 4.79 Å². The highest BCUT2D eigenvalue weighted by Gasteiger charge is 2.46. The predicted octanol–water partition coefficient (Wildman–Crippen LogP) is 2.57. The molecule has 4 nitrogen and oxygen atoms in total. The first-order valence-electron chi connectivity index (χ1n) is 7.56. The number of benzene rings is 1. The van der Waals surface area contributed by atoms with Gasteiger partial charge in [0.2, 0.25) is 5.91 Å². The second-order valence-corrected chi connectivity index (χ2v) is 5.94. The first kappa shape index (κ1) is 15.5. The zero-order valence-electron chi connectivity index (χ0n) is 12.8. The van der Waals surface area contributed by atoms with Gasteiger partial charge in [-0.2, -0.15) is 5.26 Å². The average Bonchev–Trinajstić information content (AvgIpc) is 2.99. The van der Waals surface area contributed by atoms with E-state index in [0.29, 0.717) is 13.0 Å². The SMILES string of the molecule is CC(C)C1(C(=O)N(CCC#N)c2ccccc2)CCNC1. The lowest BCUT2D eigenvalue weighted by molar-refractivity contribution is -0.129. The Balaban J connectivity index is 2.32. The number of para-hydroxylation sites is 1. The van der Waals surface area contributed by atoms with Gasteiger partial charge < -0.3 is 10.2 Å². The van der Waals surface area contributed by atoms with E-state index in [1.807, 2.05) is 30.3 Å². The van der Waals surface area contributed by atoms with Gasteiger partial charge in [-0.05, 0) is 31.0 Å². The Morgan fingerprint density at radius 1 is 1.43 bits per heavy atom. The summed E-state index contributed by atoms with van der Waals surface area (Å²) in [6.07, 6.45) is 1.21. The average molecular weight is 285 g/mol. The molecule has 112 valence electrons. The van der Waals surface area contributed by atoms with Gasteiger partial charge >= 0.3 is 0 Å². The highest BCUT2D eigenvalue weighted by Crippen LogP contribution is 2.37. The lowest BCUT2D eigenvalue weighted by atomic mass is 9.75. The Morgan fingerprint density at radius 3 is 2.67 bits per heavy atom. The van der Waals surface area contributed by atoms with Crippen LogP contribution in [0.1, 0.15) is 26.7 Å². The van der Waals surface area contributed by atoms with Gasteiger partial charge in [-0.1, -0.05) is 32.0 Å². The first-order chi connectivity index (χ1) is 10.1. The van der Waals surface area contributed by atoms with Crippen molar-refractivity contribution >= 4 is 11.6 Å². The molecule has 1 N–H and O–H groups in total.